The van der Waals surface area contributed by atoms with Gasteiger partial charge in [-0.1, -0.05) is 18.2 Å². The van der Waals surface area contributed by atoms with E-state index in [1.54, 1.807) is 0 Å². The Kier molecular flexibility index (Phi) is 4.93. The molecular formula is C15H22N2O2. The summed E-state index contributed by atoms with van der Waals surface area (Å²) in [5, 5.41) is 2.98. The third-order valence-electron chi connectivity index (χ3n) is 3.57. The van der Waals surface area contributed by atoms with E-state index < -0.39 is 0 Å². The van der Waals surface area contributed by atoms with Gasteiger partial charge in [-0.05, 0) is 25.5 Å². The van der Waals surface area contributed by atoms with Crippen LogP contribution in [0.5, 0.6) is 0 Å². The zero-order valence-corrected chi connectivity index (χ0v) is 11.7. The first-order valence-electron chi connectivity index (χ1n) is 6.84. The van der Waals surface area contributed by atoms with Gasteiger partial charge in [0.2, 0.25) is 5.91 Å². The Morgan fingerprint density at radius 3 is 2.74 bits per heavy atom. The number of carbonyl (C=O) groups excluding carboxylic acids is 1. The highest BCUT2D eigenvalue weighted by Gasteiger charge is 2.19. The minimum Gasteiger partial charge on any atom is -0.379 e. The summed E-state index contributed by atoms with van der Waals surface area (Å²) in [6.07, 6.45) is 0.522. The molecule has 104 valence electrons. The monoisotopic (exact) mass is 262 g/mol. The Hall–Kier alpha value is -1.39. The van der Waals surface area contributed by atoms with Crippen molar-refractivity contribution in [2.75, 3.05) is 31.6 Å². The van der Waals surface area contributed by atoms with Gasteiger partial charge in [0.25, 0.3) is 0 Å². The van der Waals surface area contributed by atoms with Crippen LogP contribution in [0.15, 0.2) is 24.3 Å². The molecule has 1 saturated heterocycles. The Morgan fingerprint density at radius 2 is 2.05 bits per heavy atom. The van der Waals surface area contributed by atoms with Gasteiger partial charge in [-0.25, -0.2) is 0 Å². The number of morpholine rings is 1. The summed E-state index contributed by atoms with van der Waals surface area (Å²) in [6, 6.07) is 8.11. The maximum absolute atomic E-state index is 12.0. The zero-order chi connectivity index (χ0) is 13.7. The van der Waals surface area contributed by atoms with Gasteiger partial charge in [0, 0.05) is 31.2 Å². The van der Waals surface area contributed by atoms with Crippen molar-refractivity contribution in [2.24, 2.45) is 0 Å². The Labute approximate surface area is 114 Å². The van der Waals surface area contributed by atoms with E-state index >= 15 is 0 Å². The van der Waals surface area contributed by atoms with E-state index in [-0.39, 0.29) is 11.9 Å². The fourth-order valence-electron chi connectivity index (χ4n) is 2.33. The summed E-state index contributed by atoms with van der Waals surface area (Å²) < 4.78 is 5.32. The minimum absolute atomic E-state index is 0.0771. The predicted molar refractivity (Wildman–Crippen MR) is 76.3 cm³/mol. The molecule has 4 nitrogen and oxygen atoms in total. The van der Waals surface area contributed by atoms with Crippen LogP contribution >= 0.6 is 0 Å². The summed E-state index contributed by atoms with van der Waals surface area (Å²) in [5.41, 5.74) is 2.00. The first-order chi connectivity index (χ1) is 9.16. The fraction of sp³-hybridized carbons (Fsp3) is 0.533. The molecule has 1 atom stereocenters. The van der Waals surface area contributed by atoms with Crippen LogP contribution in [-0.4, -0.2) is 43.2 Å². The number of nitrogens with zero attached hydrogens (tertiary/aromatic N) is 1. The number of anilines is 1. The fourth-order valence-corrected chi connectivity index (χ4v) is 2.33. The van der Waals surface area contributed by atoms with Crippen LogP contribution in [0.4, 0.5) is 5.69 Å². The normalized spacial score (nSPS) is 18.0. The van der Waals surface area contributed by atoms with Gasteiger partial charge in [-0.15, -0.1) is 0 Å². The van der Waals surface area contributed by atoms with E-state index in [1.165, 1.54) is 0 Å². The average molecular weight is 262 g/mol. The highest BCUT2D eigenvalue weighted by atomic mass is 16.5. The molecule has 1 aromatic rings. The van der Waals surface area contributed by atoms with Crippen molar-refractivity contribution in [3.05, 3.63) is 29.8 Å². The molecule has 0 radical (unpaired) electrons. The molecule has 1 amide bonds. The SMILES string of the molecule is Cc1ccccc1NC(=O)CC(C)N1CCOCC1. The predicted octanol–water partition coefficient (Wildman–Crippen LogP) is 2.04. The summed E-state index contributed by atoms with van der Waals surface area (Å²) in [7, 11) is 0. The number of aryl methyl sites for hydroxylation is 1. The summed E-state index contributed by atoms with van der Waals surface area (Å²) in [4.78, 5) is 14.4. The van der Waals surface area contributed by atoms with Crippen LogP contribution in [-0.2, 0) is 9.53 Å². The molecule has 0 spiro atoms. The molecule has 2 rings (SSSR count). The molecule has 1 N–H and O–H groups in total. The lowest BCUT2D eigenvalue weighted by atomic mass is 10.1. The lowest BCUT2D eigenvalue weighted by Crippen LogP contribution is -2.43. The second kappa shape index (κ2) is 6.68. The van der Waals surface area contributed by atoms with Gasteiger partial charge in [0.05, 0.1) is 13.2 Å². The number of hydrogen-bond donors (Lipinski definition) is 1. The van der Waals surface area contributed by atoms with Crippen molar-refractivity contribution in [1.82, 2.24) is 4.90 Å². The molecule has 0 bridgehead atoms. The largest absolute Gasteiger partial charge is 0.379 e. The molecule has 1 aromatic carbocycles. The van der Waals surface area contributed by atoms with Crippen molar-refractivity contribution in [3.63, 3.8) is 0 Å². The molecule has 1 aliphatic heterocycles. The van der Waals surface area contributed by atoms with Crippen LogP contribution in [0.3, 0.4) is 0 Å². The smallest absolute Gasteiger partial charge is 0.225 e. The first-order valence-corrected chi connectivity index (χ1v) is 6.84. The Balaban J connectivity index is 1.85. The quantitative estimate of drug-likeness (QED) is 0.903. The second-order valence-corrected chi connectivity index (χ2v) is 5.06. The van der Waals surface area contributed by atoms with Gasteiger partial charge in [-0.2, -0.15) is 0 Å². The van der Waals surface area contributed by atoms with E-state index in [9.17, 15) is 4.79 Å². The molecule has 0 aromatic heterocycles. The van der Waals surface area contributed by atoms with Crippen molar-refractivity contribution >= 4 is 11.6 Å². The molecule has 0 aliphatic carbocycles. The molecule has 0 saturated carbocycles. The van der Waals surface area contributed by atoms with Gasteiger partial charge < -0.3 is 10.1 Å². The maximum atomic E-state index is 12.0. The van der Waals surface area contributed by atoms with Gasteiger partial charge in [0.15, 0.2) is 0 Å². The molecule has 19 heavy (non-hydrogen) atoms. The van der Waals surface area contributed by atoms with Crippen LogP contribution in [0.25, 0.3) is 0 Å². The summed E-state index contributed by atoms with van der Waals surface area (Å²) in [6.45, 7) is 7.47. The van der Waals surface area contributed by atoms with Gasteiger partial charge in [0.1, 0.15) is 0 Å². The van der Waals surface area contributed by atoms with E-state index in [2.05, 4.69) is 17.1 Å². The van der Waals surface area contributed by atoms with Crippen LogP contribution in [0, 0.1) is 6.92 Å². The first kappa shape index (κ1) is 14.0. The van der Waals surface area contributed by atoms with E-state index in [0.29, 0.717) is 6.42 Å². The topological polar surface area (TPSA) is 41.6 Å². The van der Waals surface area contributed by atoms with Crippen LogP contribution < -0.4 is 5.32 Å². The number of para-hydroxylation sites is 1. The number of amides is 1. The van der Waals surface area contributed by atoms with E-state index in [0.717, 1.165) is 37.6 Å². The van der Waals surface area contributed by atoms with Crippen LogP contribution in [0.2, 0.25) is 0 Å². The van der Waals surface area contributed by atoms with Crippen molar-refractivity contribution in [3.8, 4) is 0 Å². The number of ether oxygens (including phenoxy) is 1. The van der Waals surface area contributed by atoms with Crippen molar-refractivity contribution < 1.29 is 9.53 Å². The van der Waals surface area contributed by atoms with Crippen molar-refractivity contribution in [2.45, 2.75) is 26.3 Å². The highest BCUT2D eigenvalue weighted by Crippen LogP contribution is 2.14. The average Bonchev–Trinajstić information content (AvgIpc) is 2.42. The van der Waals surface area contributed by atoms with E-state index in [4.69, 9.17) is 4.74 Å². The zero-order valence-electron chi connectivity index (χ0n) is 11.7. The molecule has 1 fully saturated rings. The second-order valence-electron chi connectivity index (χ2n) is 5.06. The lowest BCUT2D eigenvalue weighted by molar-refractivity contribution is -0.117. The number of hydrogen-bond acceptors (Lipinski definition) is 3. The third kappa shape index (κ3) is 4.04. The highest BCUT2D eigenvalue weighted by molar-refractivity contribution is 5.91. The molecule has 1 heterocycles. The number of nitrogens with one attached hydrogen (secondary N) is 1. The van der Waals surface area contributed by atoms with E-state index in [1.807, 2.05) is 31.2 Å². The summed E-state index contributed by atoms with van der Waals surface area (Å²) in [5.74, 6) is 0.0771. The number of carbonyl (C=O) groups is 1. The summed E-state index contributed by atoms with van der Waals surface area (Å²) >= 11 is 0. The standard InChI is InChI=1S/C15H22N2O2/c1-12-5-3-4-6-14(12)16-15(18)11-13(2)17-7-9-19-10-8-17/h3-6,13H,7-11H2,1-2H3,(H,16,18). The lowest BCUT2D eigenvalue weighted by Gasteiger charge is -2.31. The molecular weight excluding hydrogens is 240 g/mol. The van der Waals surface area contributed by atoms with Gasteiger partial charge in [-0.3, -0.25) is 9.69 Å². The Bertz CT molecular complexity index is 428. The molecule has 4 heteroatoms. The Morgan fingerprint density at radius 1 is 1.37 bits per heavy atom. The number of benzene rings is 1. The van der Waals surface area contributed by atoms with Crippen LogP contribution in [0.1, 0.15) is 18.9 Å². The molecule has 1 aliphatic rings. The minimum atomic E-state index is 0.0771. The maximum Gasteiger partial charge on any atom is 0.225 e. The third-order valence-corrected chi connectivity index (χ3v) is 3.57. The van der Waals surface area contributed by atoms with Crippen molar-refractivity contribution in [1.29, 1.82) is 0 Å². The van der Waals surface area contributed by atoms with Gasteiger partial charge >= 0.3 is 0 Å². The molecule has 1 unspecified atom stereocenters. The number of rotatable bonds is 4.